The number of carbonyl (C=O) groups excluding carboxylic acids is 1. The van der Waals surface area contributed by atoms with Crippen molar-refractivity contribution in [3.8, 4) is 0 Å². The fraction of sp³-hybridized carbons (Fsp3) is 0.462. The smallest absolute Gasteiger partial charge is 0.238 e. The molecule has 1 aromatic rings. The second kappa shape index (κ2) is 6.62. The van der Waals surface area contributed by atoms with E-state index in [9.17, 15) is 4.79 Å². The van der Waals surface area contributed by atoms with Crippen molar-refractivity contribution in [3.05, 3.63) is 29.8 Å². The lowest BCUT2D eigenvalue weighted by molar-refractivity contribution is -0.115. The molecule has 0 bridgehead atoms. The number of benzene rings is 1. The molecule has 0 saturated heterocycles. The van der Waals surface area contributed by atoms with E-state index in [0.29, 0.717) is 6.54 Å². The lowest BCUT2D eigenvalue weighted by Crippen LogP contribution is -2.25. The lowest BCUT2D eigenvalue weighted by Gasteiger charge is -2.19. The van der Waals surface area contributed by atoms with Crippen molar-refractivity contribution in [1.82, 2.24) is 5.32 Å². The first-order valence-electron chi connectivity index (χ1n) is 5.48. The van der Waals surface area contributed by atoms with Crippen molar-refractivity contribution in [1.29, 1.82) is 0 Å². The molecule has 1 rings (SSSR count). The molecule has 0 saturated carbocycles. The molecule has 1 aromatic carbocycles. The summed E-state index contributed by atoms with van der Waals surface area (Å²) >= 11 is 0. The van der Waals surface area contributed by atoms with Gasteiger partial charge in [0.05, 0.1) is 6.54 Å². The van der Waals surface area contributed by atoms with Crippen LogP contribution in [0.5, 0.6) is 0 Å². The van der Waals surface area contributed by atoms with Gasteiger partial charge in [-0.25, -0.2) is 0 Å². The fourth-order valence-corrected chi connectivity index (χ4v) is 1.42. The Hall–Kier alpha value is -1.06. The van der Waals surface area contributed by atoms with Crippen molar-refractivity contribution < 1.29 is 4.79 Å². The molecule has 96 valence electrons. The third kappa shape index (κ3) is 5.20. The molecule has 0 spiro atoms. The van der Waals surface area contributed by atoms with Crippen LogP contribution in [0.3, 0.4) is 0 Å². The Morgan fingerprint density at radius 1 is 1.18 bits per heavy atom. The van der Waals surface area contributed by atoms with Gasteiger partial charge in [0, 0.05) is 5.69 Å². The first-order chi connectivity index (χ1) is 7.43. The quantitative estimate of drug-likeness (QED) is 0.873. The predicted octanol–water partition coefficient (Wildman–Crippen LogP) is 2.56. The van der Waals surface area contributed by atoms with Crippen LogP contribution in [-0.4, -0.2) is 19.5 Å². The zero-order chi connectivity index (χ0) is 12.2. The monoisotopic (exact) mass is 256 g/mol. The second-order valence-electron chi connectivity index (χ2n) is 4.91. The lowest BCUT2D eigenvalue weighted by atomic mass is 9.87. The number of hydrogen-bond donors (Lipinski definition) is 2. The highest BCUT2D eigenvalue weighted by Crippen LogP contribution is 2.23. The maximum atomic E-state index is 11.3. The molecule has 0 aliphatic heterocycles. The largest absolute Gasteiger partial charge is 0.325 e. The van der Waals surface area contributed by atoms with Crippen LogP contribution in [0, 0.1) is 0 Å². The first-order valence-corrected chi connectivity index (χ1v) is 5.48. The summed E-state index contributed by atoms with van der Waals surface area (Å²) in [5, 5.41) is 5.63. The van der Waals surface area contributed by atoms with Crippen molar-refractivity contribution in [2.75, 3.05) is 18.9 Å². The SMILES string of the molecule is CNCC(=O)Nc1ccc(C(C)(C)C)cc1.Cl. The van der Waals surface area contributed by atoms with Crippen LogP contribution >= 0.6 is 12.4 Å². The van der Waals surface area contributed by atoms with Crippen molar-refractivity contribution in [2.45, 2.75) is 26.2 Å². The van der Waals surface area contributed by atoms with Gasteiger partial charge in [0.25, 0.3) is 0 Å². The number of carbonyl (C=O) groups is 1. The molecule has 1 amide bonds. The number of halogens is 1. The highest BCUT2D eigenvalue weighted by molar-refractivity contribution is 5.92. The predicted molar refractivity (Wildman–Crippen MR) is 74.9 cm³/mol. The number of amides is 1. The van der Waals surface area contributed by atoms with E-state index in [0.717, 1.165) is 5.69 Å². The normalized spacial score (nSPS) is 10.6. The summed E-state index contributed by atoms with van der Waals surface area (Å²) in [4.78, 5) is 11.3. The van der Waals surface area contributed by atoms with Gasteiger partial charge in [0.1, 0.15) is 0 Å². The average Bonchev–Trinajstić information content (AvgIpc) is 2.17. The average molecular weight is 257 g/mol. The van der Waals surface area contributed by atoms with E-state index in [1.54, 1.807) is 7.05 Å². The standard InChI is InChI=1S/C13H20N2O.ClH/c1-13(2,3)10-5-7-11(8-6-10)15-12(16)9-14-4;/h5-8,14H,9H2,1-4H3,(H,15,16);1H. The van der Waals surface area contributed by atoms with E-state index < -0.39 is 0 Å². The number of nitrogens with one attached hydrogen (secondary N) is 2. The molecule has 0 fully saturated rings. The summed E-state index contributed by atoms with van der Waals surface area (Å²) < 4.78 is 0. The van der Waals surface area contributed by atoms with E-state index in [2.05, 4.69) is 43.5 Å². The maximum Gasteiger partial charge on any atom is 0.238 e. The highest BCUT2D eigenvalue weighted by Gasteiger charge is 2.12. The molecule has 0 radical (unpaired) electrons. The molecular weight excluding hydrogens is 236 g/mol. The van der Waals surface area contributed by atoms with Crippen LogP contribution in [0.1, 0.15) is 26.3 Å². The summed E-state index contributed by atoms with van der Waals surface area (Å²) in [5.74, 6) is -0.0222. The Morgan fingerprint density at radius 3 is 2.12 bits per heavy atom. The first kappa shape index (κ1) is 15.9. The molecule has 0 atom stereocenters. The minimum Gasteiger partial charge on any atom is -0.325 e. The molecular formula is C13H21ClN2O. The van der Waals surface area contributed by atoms with Crippen molar-refractivity contribution >= 4 is 24.0 Å². The van der Waals surface area contributed by atoms with Gasteiger partial charge in [-0.3, -0.25) is 4.79 Å². The highest BCUT2D eigenvalue weighted by atomic mass is 35.5. The van der Waals surface area contributed by atoms with Crippen LogP contribution in [0.4, 0.5) is 5.69 Å². The third-order valence-corrected chi connectivity index (χ3v) is 2.37. The van der Waals surface area contributed by atoms with Crippen LogP contribution < -0.4 is 10.6 Å². The van der Waals surface area contributed by atoms with Crippen LogP contribution in [0.15, 0.2) is 24.3 Å². The van der Waals surface area contributed by atoms with Gasteiger partial charge in [0.15, 0.2) is 0 Å². The van der Waals surface area contributed by atoms with Crippen LogP contribution in [0.25, 0.3) is 0 Å². The van der Waals surface area contributed by atoms with Gasteiger partial charge >= 0.3 is 0 Å². The summed E-state index contributed by atoms with van der Waals surface area (Å²) in [6, 6.07) is 7.98. The molecule has 0 aliphatic rings. The molecule has 4 heteroatoms. The Labute approximate surface area is 109 Å². The van der Waals surface area contributed by atoms with E-state index in [-0.39, 0.29) is 23.7 Å². The molecule has 17 heavy (non-hydrogen) atoms. The minimum absolute atomic E-state index is 0. The van der Waals surface area contributed by atoms with Crippen LogP contribution in [-0.2, 0) is 10.2 Å². The van der Waals surface area contributed by atoms with Crippen molar-refractivity contribution in [2.24, 2.45) is 0 Å². The van der Waals surface area contributed by atoms with Gasteiger partial charge in [0.2, 0.25) is 5.91 Å². The van der Waals surface area contributed by atoms with Gasteiger partial charge in [-0.15, -0.1) is 12.4 Å². The minimum atomic E-state index is -0.0222. The van der Waals surface area contributed by atoms with E-state index in [4.69, 9.17) is 0 Å². The number of hydrogen-bond acceptors (Lipinski definition) is 2. The van der Waals surface area contributed by atoms with Gasteiger partial charge in [-0.2, -0.15) is 0 Å². The Kier molecular flexibility index (Phi) is 6.21. The van der Waals surface area contributed by atoms with Gasteiger partial charge < -0.3 is 10.6 Å². The molecule has 2 N–H and O–H groups in total. The maximum absolute atomic E-state index is 11.3. The Balaban J connectivity index is 0.00000256. The van der Waals surface area contributed by atoms with Gasteiger partial charge in [-0.1, -0.05) is 32.9 Å². The molecule has 0 heterocycles. The summed E-state index contributed by atoms with van der Waals surface area (Å²) in [6.07, 6.45) is 0. The summed E-state index contributed by atoms with van der Waals surface area (Å²) in [6.45, 7) is 6.84. The molecule has 0 aromatic heterocycles. The number of likely N-dealkylation sites (N-methyl/N-ethyl adjacent to an activating group) is 1. The fourth-order valence-electron chi connectivity index (χ4n) is 1.42. The Morgan fingerprint density at radius 2 is 1.71 bits per heavy atom. The second-order valence-corrected chi connectivity index (χ2v) is 4.91. The summed E-state index contributed by atoms with van der Waals surface area (Å²) in [7, 11) is 1.75. The van der Waals surface area contributed by atoms with E-state index >= 15 is 0 Å². The molecule has 0 unspecified atom stereocenters. The zero-order valence-electron chi connectivity index (χ0n) is 10.8. The zero-order valence-corrected chi connectivity index (χ0v) is 11.6. The summed E-state index contributed by atoms with van der Waals surface area (Å²) in [5.41, 5.74) is 2.25. The van der Waals surface area contributed by atoms with Crippen LogP contribution in [0.2, 0.25) is 0 Å². The third-order valence-electron chi connectivity index (χ3n) is 2.37. The van der Waals surface area contributed by atoms with Gasteiger partial charge in [-0.05, 0) is 30.2 Å². The topological polar surface area (TPSA) is 41.1 Å². The number of anilines is 1. The van der Waals surface area contributed by atoms with E-state index in [1.165, 1.54) is 5.56 Å². The molecule has 0 aliphatic carbocycles. The van der Waals surface area contributed by atoms with Crippen molar-refractivity contribution in [3.63, 3.8) is 0 Å². The van der Waals surface area contributed by atoms with E-state index in [1.807, 2.05) is 12.1 Å². The Bertz CT molecular complexity index is 355. The number of rotatable bonds is 3. The molecule has 3 nitrogen and oxygen atoms in total.